The maximum absolute atomic E-state index is 13.9. The Labute approximate surface area is 132 Å². The van der Waals surface area contributed by atoms with E-state index >= 15 is 0 Å². The Morgan fingerprint density at radius 3 is 2.61 bits per heavy atom. The van der Waals surface area contributed by atoms with Crippen LogP contribution in [0, 0.1) is 11.7 Å². The molecular formula is C15H18FN3O4. The Hall–Kier alpha value is -2.64. The van der Waals surface area contributed by atoms with Crippen LogP contribution in [0.25, 0.3) is 0 Å². The van der Waals surface area contributed by atoms with Gasteiger partial charge in [-0.15, -0.1) is 0 Å². The lowest BCUT2D eigenvalue weighted by Crippen LogP contribution is -2.44. The van der Waals surface area contributed by atoms with Crippen molar-refractivity contribution in [3.05, 3.63) is 29.6 Å². The number of nitrogens with one attached hydrogen (secondary N) is 2. The average Bonchev–Trinajstić information content (AvgIpc) is 2.90. The second-order valence-corrected chi connectivity index (χ2v) is 5.58. The van der Waals surface area contributed by atoms with E-state index < -0.39 is 23.7 Å². The minimum atomic E-state index is -1.19. The molecule has 1 heterocycles. The Morgan fingerprint density at radius 1 is 1.39 bits per heavy atom. The number of hydrogen-bond donors (Lipinski definition) is 3. The number of carbonyl (C=O) groups is 3. The van der Waals surface area contributed by atoms with E-state index in [4.69, 9.17) is 5.11 Å². The largest absolute Gasteiger partial charge is 0.480 e. The summed E-state index contributed by atoms with van der Waals surface area (Å²) in [7, 11) is 0. The molecule has 0 saturated carbocycles. The van der Waals surface area contributed by atoms with Gasteiger partial charge in [0, 0.05) is 18.8 Å². The van der Waals surface area contributed by atoms with E-state index in [1.165, 1.54) is 17.0 Å². The number of urea groups is 1. The molecular weight excluding hydrogens is 305 g/mol. The predicted molar refractivity (Wildman–Crippen MR) is 80.9 cm³/mol. The van der Waals surface area contributed by atoms with Crippen LogP contribution < -0.4 is 15.5 Å². The molecule has 2 rings (SSSR count). The average molecular weight is 323 g/mol. The highest BCUT2D eigenvalue weighted by Gasteiger charge is 2.27. The molecule has 1 saturated heterocycles. The number of anilines is 1. The lowest BCUT2D eigenvalue weighted by atomic mass is 10.0. The van der Waals surface area contributed by atoms with Gasteiger partial charge >= 0.3 is 12.0 Å². The molecule has 0 radical (unpaired) electrons. The third-order valence-corrected chi connectivity index (χ3v) is 3.58. The number of benzene rings is 1. The number of halogens is 1. The first kappa shape index (κ1) is 16.7. The zero-order chi connectivity index (χ0) is 17.1. The third-order valence-electron chi connectivity index (χ3n) is 3.58. The van der Waals surface area contributed by atoms with Gasteiger partial charge < -0.3 is 15.7 Å². The summed E-state index contributed by atoms with van der Waals surface area (Å²) in [6.45, 7) is 4.16. The van der Waals surface area contributed by atoms with Crippen LogP contribution in [0.1, 0.15) is 24.2 Å². The summed E-state index contributed by atoms with van der Waals surface area (Å²) in [6.07, 6.45) is 0. The highest BCUT2D eigenvalue weighted by Crippen LogP contribution is 2.21. The maximum Gasteiger partial charge on any atom is 0.326 e. The smallest absolute Gasteiger partial charge is 0.326 e. The van der Waals surface area contributed by atoms with Gasteiger partial charge in [-0.25, -0.2) is 14.0 Å². The molecule has 7 nitrogen and oxygen atoms in total. The van der Waals surface area contributed by atoms with Crippen molar-refractivity contribution >= 4 is 23.6 Å². The molecule has 1 aliphatic heterocycles. The molecule has 1 aliphatic rings. The Balaban J connectivity index is 2.26. The standard InChI is InChI=1S/C15H18FN3O4/c1-8(2)12(14(21)22)18-13(20)10-7-9(3-4-11(10)16)19-6-5-17-15(19)23/h3-4,7-8,12H,5-6H2,1-2H3,(H,17,23)(H,18,20)(H,21,22)/t12-/m0/s1. The van der Waals surface area contributed by atoms with E-state index in [-0.39, 0.29) is 17.5 Å². The number of amides is 3. The van der Waals surface area contributed by atoms with Gasteiger partial charge in [-0.1, -0.05) is 13.8 Å². The van der Waals surface area contributed by atoms with Crippen LogP contribution >= 0.6 is 0 Å². The lowest BCUT2D eigenvalue weighted by molar-refractivity contribution is -0.140. The summed E-state index contributed by atoms with van der Waals surface area (Å²) in [5, 5.41) is 14.0. The van der Waals surface area contributed by atoms with Gasteiger partial charge in [0.15, 0.2) is 0 Å². The number of carboxylic acids is 1. The summed E-state index contributed by atoms with van der Waals surface area (Å²) in [5.41, 5.74) is 0.0806. The van der Waals surface area contributed by atoms with E-state index in [0.29, 0.717) is 18.8 Å². The predicted octanol–water partition coefficient (Wildman–Crippen LogP) is 1.19. The van der Waals surface area contributed by atoms with Crippen LogP contribution in [-0.2, 0) is 4.79 Å². The van der Waals surface area contributed by atoms with E-state index in [2.05, 4.69) is 10.6 Å². The SMILES string of the molecule is CC(C)[C@H](NC(=O)c1cc(N2CCNC2=O)ccc1F)C(=O)O. The van der Waals surface area contributed by atoms with Crippen molar-refractivity contribution in [2.45, 2.75) is 19.9 Å². The molecule has 1 fully saturated rings. The maximum atomic E-state index is 13.9. The molecule has 23 heavy (non-hydrogen) atoms. The van der Waals surface area contributed by atoms with Crippen molar-refractivity contribution in [2.75, 3.05) is 18.0 Å². The number of rotatable bonds is 5. The van der Waals surface area contributed by atoms with Gasteiger partial charge in [0.2, 0.25) is 0 Å². The van der Waals surface area contributed by atoms with Gasteiger partial charge in [-0.3, -0.25) is 9.69 Å². The quantitative estimate of drug-likeness (QED) is 0.758. The van der Waals surface area contributed by atoms with Crippen molar-refractivity contribution in [1.29, 1.82) is 0 Å². The molecule has 0 aliphatic carbocycles. The van der Waals surface area contributed by atoms with E-state index in [0.717, 1.165) is 6.07 Å². The first-order valence-electron chi connectivity index (χ1n) is 7.20. The molecule has 3 N–H and O–H groups in total. The van der Waals surface area contributed by atoms with Gasteiger partial charge in [-0.2, -0.15) is 0 Å². The number of aliphatic carboxylic acids is 1. The van der Waals surface area contributed by atoms with Crippen molar-refractivity contribution < 1.29 is 23.9 Å². The minimum Gasteiger partial charge on any atom is -0.480 e. The highest BCUT2D eigenvalue weighted by atomic mass is 19.1. The van der Waals surface area contributed by atoms with Crippen LogP contribution in [0.3, 0.4) is 0 Å². The lowest BCUT2D eigenvalue weighted by Gasteiger charge is -2.19. The fourth-order valence-corrected chi connectivity index (χ4v) is 2.31. The molecule has 1 atom stereocenters. The van der Waals surface area contributed by atoms with E-state index in [1.54, 1.807) is 13.8 Å². The monoisotopic (exact) mass is 323 g/mol. The van der Waals surface area contributed by atoms with Gasteiger partial charge in [0.25, 0.3) is 5.91 Å². The number of carboxylic acid groups (broad SMARTS) is 1. The molecule has 0 spiro atoms. The number of carbonyl (C=O) groups excluding carboxylic acids is 2. The summed E-state index contributed by atoms with van der Waals surface area (Å²) in [4.78, 5) is 36.4. The summed E-state index contributed by atoms with van der Waals surface area (Å²) >= 11 is 0. The van der Waals surface area contributed by atoms with Gasteiger partial charge in [0.1, 0.15) is 11.9 Å². The summed E-state index contributed by atoms with van der Waals surface area (Å²) < 4.78 is 13.9. The van der Waals surface area contributed by atoms with Crippen LogP contribution in [0.15, 0.2) is 18.2 Å². The van der Waals surface area contributed by atoms with Crippen LogP contribution in [0.2, 0.25) is 0 Å². The molecule has 124 valence electrons. The van der Waals surface area contributed by atoms with Crippen LogP contribution in [0.4, 0.5) is 14.9 Å². The van der Waals surface area contributed by atoms with Gasteiger partial charge in [0.05, 0.1) is 5.56 Å². The van der Waals surface area contributed by atoms with Crippen LogP contribution in [0.5, 0.6) is 0 Å². The Kier molecular flexibility index (Phi) is 4.83. The van der Waals surface area contributed by atoms with Crippen molar-refractivity contribution in [1.82, 2.24) is 10.6 Å². The molecule has 1 aromatic carbocycles. The zero-order valence-electron chi connectivity index (χ0n) is 12.8. The molecule has 1 aromatic rings. The van der Waals surface area contributed by atoms with Crippen molar-refractivity contribution in [3.63, 3.8) is 0 Å². The van der Waals surface area contributed by atoms with E-state index in [1.807, 2.05) is 0 Å². The second kappa shape index (κ2) is 6.64. The third kappa shape index (κ3) is 3.58. The molecule has 0 bridgehead atoms. The molecule has 3 amide bonds. The number of nitrogens with zero attached hydrogens (tertiary/aromatic N) is 1. The van der Waals surface area contributed by atoms with Crippen molar-refractivity contribution in [3.8, 4) is 0 Å². The van der Waals surface area contributed by atoms with E-state index in [9.17, 15) is 18.8 Å². The van der Waals surface area contributed by atoms with Crippen LogP contribution in [-0.4, -0.2) is 42.1 Å². The minimum absolute atomic E-state index is 0.297. The highest BCUT2D eigenvalue weighted by molar-refractivity contribution is 6.00. The number of hydrogen-bond acceptors (Lipinski definition) is 3. The Bertz CT molecular complexity index is 648. The fourth-order valence-electron chi connectivity index (χ4n) is 2.31. The Morgan fingerprint density at radius 2 is 2.09 bits per heavy atom. The van der Waals surface area contributed by atoms with Gasteiger partial charge in [-0.05, 0) is 24.1 Å². The first-order chi connectivity index (χ1) is 10.8. The normalized spacial score (nSPS) is 15.5. The molecule has 8 heteroatoms. The zero-order valence-corrected chi connectivity index (χ0v) is 12.8. The second-order valence-electron chi connectivity index (χ2n) is 5.58. The first-order valence-corrected chi connectivity index (χ1v) is 7.20. The molecule has 0 unspecified atom stereocenters. The summed E-state index contributed by atoms with van der Waals surface area (Å²) in [6, 6.07) is 2.28. The molecule has 0 aromatic heterocycles. The summed E-state index contributed by atoms with van der Waals surface area (Å²) in [5.74, 6) is -3.15. The topological polar surface area (TPSA) is 98.7 Å². The fraction of sp³-hybridized carbons (Fsp3) is 0.400. The van der Waals surface area contributed by atoms with Crippen molar-refractivity contribution in [2.24, 2.45) is 5.92 Å².